The maximum absolute atomic E-state index is 6.80. The molecule has 0 bridgehead atoms. The molecule has 51 heavy (non-hydrogen) atoms. The molecule has 2 heterocycles. The second-order valence-corrected chi connectivity index (χ2v) is 12.7. The number of oxazole rings is 1. The van der Waals surface area contributed by atoms with Crippen LogP contribution in [0.5, 0.6) is 5.75 Å². The highest BCUT2D eigenvalue weighted by Crippen LogP contribution is 2.49. The first-order valence-corrected chi connectivity index (χ1v) is 17.3. The van der Waals surface area contributed by atoms with Gasteiger partial charge in [-0.05, 0) is 70.8 Å². The van der Waals surface area contributed by atoms with Crippen LogP contribution in [-0.2, 0) is 0 Å². The first kappa shape index (κ1) is 30.4. The molecule has 4 nitrogen and oxygen atoms in total. The van der Waals surface area contributed by atoms with Gasteiger partial charge in [-0.1, -0.05) is 140 Å². The van der Waals surface area contributed by atoms with Crippen LogP contribution in [-0.4, -0.2) is 11.1 Å². The third-order valence-electron chi connectivity index (χ3n) is 9.54. The molecule has 9 rings (SSSR count). The molecule has 0 N–H and O–H groups in total. The molecular weight excluding hydrogens is 625 g/mol. The van der Waals surface area contributed by atoms with Gasteiger partial charge in [0.1, 0.15) is 17.4 Å². The molecule has 0 radical (unpaired) electrons. The minimum atomic E-state index is -0.239. The average Bonchev–Trinajstić information content (AvgIpc) is 3.79. The fourth-order valence-electron chi connectivity index (χ4n) is 7.05. The summed E-state index contributed by atoms with van der Waals surface area (Å²) < 4.78 is 13.1. The Balaban J connectivity index is 1.14. The van der Waals surface area contributed by atoms with Crippen LogP contribution in [0, 0.1) is 0 Å². The predicted molar refractivity (Wildman–Crippen MR) is 209 cm³/mol. The van der Waals surface area contributed by atoms with Crippen molar-refractivity contribution in [3.63, 3.8) is 0 Å². The monoisotopic (exact) mass is 658 g/mol. The van der Waals surface area contributed by atoms with E-state index >= 15 is 0 Å². The third-order valence-corrected chi connectivity index (χ3v) is 9.54. The summed E-state index contributed by atoms with van der Waals surface area (Å²) >= 11 is 0. The molecule has 7 aromatic rings. The Kier molecular flexibility index (Phi) is 7.95. The van der Waals surface area contributed by atoms with Gasteiger partial charge in [0.2, 0.25) is 5.89 Å². The summed E-state index contributed by atoms with van der Waals surface area (Å²) in [6, 6.07) is 53.0. The van der Waals surface area contributed by atoms with Crippen LogP contribution in [0.25, 0.3) is 38.9 Å². The van der Waals surface area contributed by atoms with Crippen LogP contribution < -0.4 is 9.64 Å². The summed E-state index contributed by atoms with van der Waals surface area (Å²) in [5.41, 5.74) is 11.5. The smallest absolute Gasteiger partial charge is 0.224 e. The minimum Gasteiger partial charge on any atom is -0.485 e. The van der Waals surface area contributed by atoms with Crippen LogP contribution in [0.4, 0.5) is 17.1 Å². The Bertz CT molecular complexity index is 2320. The van der Waals surface area contributed by atoms with Gasteiger partial charge in [0.25, 0.3) is 0 Å². The number of hydrogen-bond donors (Lipinski definition) is 0. The third kappa shape index (κ3) is 5.98. The maximum atomic E-state index is 6.80. The molecule has 4 heteroatoms. The fraction of sp³-hybridized carbons (Fsp3) is 0.0426. The largest absolute Gasteiger partial charge is 0.485 e. The number of benzene rings is 6. The average molecular weight is 659 g/mol. The lowest BCUT2D eigenvalue weighted by Crippen LogP contribution is -2.17. The normalized spacial score (nSPS) is 17.9. The van der Waals surface area contributed by atoms with Crippen molar-refractivity contribution in [3.05, 3.63) is 206 Å². The lowest BCUT2D eigenvalue weighted by atomic mass is 9.86. The van der Waals surface area contributed by atoms with Gasteiger partial charge in [0.05, 0.1) is 5.92 Å². The molecule has 0 saturated carbocycles. The molecule has 1 aromatic heterocycles. The maximum Gasteiger partial charge on any atom is 0.224 e. The van der Waals surface area contributed by atoms with Crippen molar-refractivity contribution in [1.82, 2.24) is 4.98 Å². The number of rotatable bonds is 6. The lowest BCUT2D eigenvalue weighted by Gasteiger charge is -2.26. The van der Waals surface area contributed by atoms with E-state index in [0.717, 1.165) is 45.0 Å². The molecule has 1 aliphatic carbocycles. The predicted octanol–water partition coefficient (Wildman–Crippen LogP) is 12.2. The Morgan fingerprint density at radius 2 is 1.08 bits per heavy atom. The van der Waals surface area contributed by atoms with Gasteiger partial charge in [0, 0.05) is 34.3 Å². The Morgan fingerprint density at radius 1 is 0.510 bits per heavy atom. The van der Waals surface area contributed by atoms with Crippen LogP contribution in [0.15, 0.2) is 199 Å². The van der Waals surface area contributed by atoms with Gasteiger partial charge >= 0.3 is 0 Å². The molecule has 0 amide bonds. The van der Waals surface area contributed by atoms with E-state index in [9.17, 15) is 0 Å². The summed E-state index contributed by atoms with van der Waals surface area (Å²) in [5.74, 6) is 1.33. The molecule has 0 spiro atoms. The molecule has 2 unspecified atom stereocenters. The van der Waals surface area contributed by atoms with Gasteiger partial charge in [-0.15, -0.1) is 0 Å². The van der Waals surface area contributed by atoms with E-state index in [1.807, 2.05) is 60.7 Å². The number of hydrogen-bond acceptors (Lipinski definition) is 4. The Labute approximate surface area is 297 Å². The van der Waals surface area contributed by atoms with Crippen molar-refractivity contribution in [1.29, 1.82) is 0 Å². The molecule has 244 valence electrons. The van der Waals surface area contributed by atoms with Gasteiger partial charge in [0.15, 0.2) is 5.58 Å². The van der Waals surface area contributed by atoms with Crippen LogP contribution >= 0.6 is 0 Å². The number of nitrogens with zero attached hydrogens (tertiary/aromatic N) is 2. The standard InChI is InChI=1S/C47H34N2O2/c1-2-10-18-41(47-48-42-19-12-13-20-43(42)51-47)46-40-31-30-39(32-45(40)50-44(46)21-11-3-1)49(37-26-22-35(23-27-37)33-14-6-4-7-15-33)38-28-24-36(25-29-38)34-16-8-5-9-17-34/h1-32,44,46H/b3-1?,10-2?,21-11-,41-18-. The summed E-state index contributed by atoms with van der Waals surface area (Å²) in [6.07, 6.45) is 14.2. The topological polar surface area (TPSA) is 38.5 Å². The Hall–Kier alpha value is -6.65. The van der Waals surface area contributed by atoms with Gasteiger partial charge in [-0.2, -0.15) is 0 Å². The van der Waals surface area contributed by atoms with Crippen molar-refractivity contribution >= 4 is 33.7 Å². The number of para-hydroxylation sites is 2. The first-order valence-electron chi connectivity index (χ1n) is 17.3. The van der Waals surface area contributed by atoms with E-state index in [1.165, 1.54) is 22.3 Å². The SMILES string of the molecule is C1=C/C=C\C2Oc3cc(N(c4ccc(-c5ccccc5)cc4)c4ccc(-c5ccccc5)cc4)ccc3C2/C(c2nc3ccccc3o2)=C/C=C1. The van der Waals surface area contributed by atoms with Crippen LogP contribution in [0.2, 0.25) is 0 Å². The molecule has 0 saturated heterocycles. The number of aromatic nitrogens is 1. The molecule has 1 aliphatic heterocycles. The van der Waals surface area contributed by atoms with Crippen molar-refractivity contribution in [2.24, 2.45) is 0 Å². The molecule has 0 fully saturated rings. The highest BCUT2D eigenvalue weighted by atomic mass is 16.5. The van der Waals surface area contributed by atoms with E-state index < -0.39 is 0 Å². The van der Waals surface area contributed by atoms with E-state index in [2.05, 4.69) is 138 Å². The van der Waals surface area contributed by atoms with Crippen molar-refractivity contribution < 1.29 is 9.15 Å². The van der Waals surface area contributed by atoms with E-state index in [0.29, 0.717) is 5.89 Å². The van der Waals surface area contributed by atoms with Gasteiger partial charge < -0.3 is 14.1 Å². The highest BCUT2D eigenvalue weighted by Gasteiger charge is 2.38. The van der Waals surface area contributed by atoms with Crippen LogP contribution in [0.3, 0.4) is 0 Å². The fourth-order valence-corrected chi connectivity index (χ4v) is 7.05. The zero-order valence-electron chi connectivity index (χ0n) is 27.8. The number of ether oxygens (including phenoxy) is 1. The second kappa shape index (κ2) is 13.3. The second-order valence-electron chi connectivity index (χ2n) is 12.7. The number of anilines is 3. The quantitative estimate of drug-likeness (QED) is 0.178. The van der Waals surface area contributed by atoms with Gasteiger partial charge in [-0.25, -0.2) is 4.98 Å². The molecule has 2 atom stereocenters. The number of allylic oxidation sites excluding steroid dienone is 6. The van der Waals surface area contributed by atoms with Crippen molar-refractivity contribution in [2.75, 3.05) is 4.90 Å². The molecular formula is C47H34N2O2. The summed E-state index contributed by atoms with van der Waals surface area (Å²) in [4.78, 5) is 7.20. The molecule has 2 aliphatic rings. The Morgan fingerprint density at radius 3 is 1.75 bits per heavy atom. The van der Waals surface area contributed by atoms with E-state index in [-0.39, 0.29) is 12.0 Å². The zero-order chi connectivity index (χ0) is 34.0. The van der Waals surface area contributed by atoms with Crippen molar-refractivity contribution in [3.8, 4) is 28.0 Å². The first-order chi connectivity index (χ1) is 25.3. The summed E-state index contributed by atoms with van der Waals surface area (Å²) in [6.45, 7) is 0. The lowest BCUT2D eigenvalue weighted by molar-refractivity contribution is 0.272. The van der Waals surface area contributed by atoms with Crippen LogP contribution in [0.1, 0.15) is 17.4 Å². The minimum absolute atomic E-state index is 0.113. The van der Waals surface area contributed by atoms with E-state index in [4.69, 9.17) is 14.1 Å². The van der Waals surface area contributed by atoms with E-state index in [1.54, 1.807) is 0 Å². The van der Waals surface area contributed by atoms with Crippen molar-refractivity contribution in [2.45, 2.75) is 12.0 Å². The summed E-state index contributed by atoms with van der Waals surface area (Å²) in [7, 11) is 0. The highest BCUT2D eigenvalue weighted by molar-refractivity contribution is 5.83. The summed E-state index contributed by atoms with van der Waals surface area (Å²) in [5, 5.41) is 0. The zero-order valence-corrected chi connectivity index (χ0v) is 27.8. The molecule has 6 aromatic carbocycles. The van der Waals surface area contributed by atoms with Gasteiger partial charge in [-0.3, -0.25) is 0 Å². The number of fused-ring (bicyclic) bond motifs is 4.